The summed E-state index contributed by atoms with van der Waals surface area (Å²) >= 11 is 0. The lowest BCUT2D eigenvalue weighted by Gasteiger charge is -2.50. The van der Waals surface area contributed by atoms with Crippen molar-refractivity contribution in [1.82, 2.24) is 19.8 Å². The molecule has 0 saturated carbocycles. The summed E-state index contributed by atoms with van der Waals surface area (Å²) in [7, 11) is 0. The first-order valence-electron chi connectivity index (χ1n) is 8.55. The SMILES string of the molecule is Cc1nccc(C2CCN([C@@H]3CN4CCC3CC4)CC2)n1. The van der Waals surface area contributed by atoms with E-state index in [-0.39, 0.29) is 0 Å². The summed E-state index contributed by atoms with van der Waals surface area (Å²) in [6.07, 6.45) is 7.29. The van der Waals surface area contributed by atoms with Gasteiger partial charge < -0.3 is 4.90 Å². The van der Waals surface area contributed by atoms with Crippen molar-refractivity contribution in [2.75, 3.05) is 32.7 Å². The highest BCUT2D eigenvalue weighted by Gasteiger charge is 2.38. The summed E-state index contributed by atoms with van der Waals surface area (Å²) in [6, 6.07) is 2.95. The average molecular weight is 286 g/mol. The highest BCUT2D eigenvalue weighted by atomic mass is 15.3. The van der Waals surface area contributed by atoms with Gasteiger partial charge in [-0.05, 0) is 70.8 Å². The average Bonchev–Trinajstić information content (AvgIpc) is 2.56. The summed E-state index contributed by atoms with van der Waals surface area (Å²) < 4.78 is 0. The van der Waals surface area contributed by atoms with Crippen LogP contribution in [0.1, 0.15) is 43.1 Å². The molecule has 0 unspecified atom stereocenters. The van der Waals surface area contributed by atoms with E-state index in [1.807, 2.05) is 13.1 Å². The van der Waals surface area contributed by atoms with Crippen LogP contribution in [0.3, 0.4) is 0 Å². The maximum absolute atomic E-state index is 4.63. The van der Waals surface area contributed by atoms with Gasteiger partial charge in [-0.3, -0.25) is 4.90 Å². The molecule has 0 aliphatic carbocycles. The molecule has 2 bridgehead atoms. The molecule has 1 aromatic rings. The van der Waals surface area contributed by atoms with Gasteiger partial charge in [0.05, 0.1) is 0 Å². The van der Waals surface area contributed by atoms with Gasteiger partial charge in [0.15, 0.2) is 0 Å². The van der Waals surface area contributed by atoms with Crippen molar-refractivity contribution < 1.29 is 0 Å². The van der Waals surface area contributed by atoms with E-state index in [9.17, 15) is 0 Å². The minimum Gasteiger partial charge on any atom is -0.302 e. The van der Waals surface area contributed by atoms with Gasteiger partial charge >= 0.3 is 0 Å². The fourth-order valence-electron chi connectivity index (χ4n) is 4.58. The fraction of sp³-hybridized carbons (Fsp3) is 0.765. The maximum Gasteiger partial charge on any atom is 0.125 e. The van der Waals surface area contributed by atoms with Gasteiger partial charge in [0.2, 0.25) is 0 Å². The molecule has 4 nitrogen and oxygen atoms in total. The number of aryl methyl sites for hydroxylation is 1. The van der Waals surface area contributed by atoms with Crippen LogP contribution in [0.2, 0.25) is 0 Å². The molecule has 4 fully saturated rings. The van der Waals surface area contributed by atoms with Crippen LogP contribution >= 0.6 is 0 Å². The third-order valence-corrected chi connectivity index (χ3v) is 5.84. The smallest absolute Gasteiger partial charge is 0.125 e. The third-order valence-electron chi connectivity index (χ3n) is 5.84. The highest BCUT2D eigenvalue weighted by molar-refractivity contribution is 5.10. The lowest BCUT2D eigenvalue weighted by atomic mass is 9.81. The summed E-state index contributed by atoms with van der Waals surface area (Å²) in [6.45, 7) is 8.51. The van der Waals surface area contributed by atoms with E-state index in [1.54, 1.807) is 0 Å². The molecule has 1 aromatic heterocycles. The van der Waals surface area contributed by atoms with E-state index >= 15 is 0 Å². The number of piperidine rings is 4. The molecule has 4 saturated heterocycles. The molecule has 0 radical (unpaired) electrons. The predicted octanol–water partition coefficient (Wildman–Crippen LogP) is 2.06. The molecule has 4 heteroatoms. The zero-order valence-electron chi connectivity index (χ0n) is 13.0. The maximum atomic E-state index is 4.63. The van der Waals surface area contributed by atoms with Crippen molar-refractivity contribution >= 4 is 0 Å². The lowest BCUT2D eigenvalue weighted by molar-refractivity contribution is -0.00478. The molecule has 4 aliphatic heterocycles. The molecule has 0 N–H and O–H groups in total. The summed E-state index contributed by atoms with van der Waals surface area (Å²) in [5.41, 5.74) is 1.26. The number of hydrogen-bond donors (Lipinski definition) is 0. The first kappa shape index (κ1) is 13.6. The Morgan fingerprint density at radius 2 is 1.81 bits per heavy atom. The first-order chi connectivity index (χ1) is 10.3. The Hall–Kier alpha value is -1.00. The van der Waals surface area contributed by atoms with E-state index in [0.29, 0.717) is 5.92 Å². The molecule has 5 heterocycles. The largest absolute Gasteiger partial charge is 0.302 e. The van der Waals surface area contributed by atoms with E-state index in [4.69, 9.17) is 0 Å². The molecular weight excluding hydrogens is 260 g/mol. The number of rotatable bonds is 2. The van der Waals surface area contributed by atoms with Gasteiger partial charge in [0.25, 0.3) is 0 Å². The van der Waals surface area contributed by atoms with E-state index < -0.39 is 0 Å². The summed E-state index contributed by atoms with van der Waals surface area (Å²) in [4.78, 5) is 14.3. The number of fused-ring (bicyclic) bond motifs is 3. The predicted molar refractivity (Wildman–Crippen MR) is 83.3 cm³/mol. The molecule has 4 aliphatic rings. The Kier molecular flexibility index (Phi) is 3.67. The van der Waals surface area contributed by atoms with Gasteiger partial charge in [-0.1, -0.05) is 0 Å². The van der Waals surface area contributed by atoms with Gasteiger partial charge in [0, 0.05) is 30.4 Å². The fourth-order valence-corrected chi connectivity index (χ4v) is 4.58. The van der Waals surface area contributed by atoms with Crippen LogP contribution in [0.5, 0.6) is 0 Å². The molecule has 114 valence electrons. The minimum absolute atomic E-state index is 0.643. The van der Waals surface area contributed by atoms with E-state index in [0.717, 1.165) is 17.8 Å². The minimum atomic E-state index is 0.643. The van der Waals surface area contributed by atoms with Gasteiger partial charge in [0.1, 0.15) is 5.82 Å². The van der Waals surface area contributed by atoms with Crippen LogP contribution in [0.25, 0.3) is 0 Å². The Morgan fingerprint density at radius 1 is 1.05 bits per heavy atom. The van der Waals surface area contributed by atoms with Gasteiger partial charge in [-0.25, -0.2) is 9.97 Å². The Labute approximate surface area is 127 Å². The molecule has 0 aromatic carbocycles. The Morgan fingerprint density at radius 3 is 2.43 bits per heavy atom. The number of likely N-dealkylation sites (tertiary alicyclic amines) is 1. The molecule has 0 spiro atoms. The van der Waals surface area contributed by atoms with Crippen molar-refractivity contribution in [3.63, 3.8) is 0 Å². The van der Waals surface area contributed by atoms with E-state index in [2.05, 4.69) is 25.8 Å². The molecule has 1 atom stereocenters. The third kappa shape index (κ3) is 2.71. The highest BCUT2D eigenvalue weighted by Crippen LogP contribution is 2.34. The number of hydrogen-bond acceptors (Lipinski definition) is 4. The Balaban J connectivity index is 1.38. The number of aromatic nitrogens is 2. The zero-order valence-corrected chi connectivity index (χ0v) is 13.0. The van der Waals surface area contributed by atoms with Crippen LogP contribution < -0.4 is 0 Å². The second kappa shape index (κ2) is 5.65. The standard InChI is InChI=1S/C17H26N4/c1-13-18-7-2-16(19-13)14-5-10-21(11-6-14)17-12-20-8-3-15(17)4-9-20/h2,7,14-15,17H,3-6,8-12H2,1H3/t17-/m1/s1. The van der Waals surface area contributed by atoms with Crippen molar-refractivity contribution in [3.05, 3.63) is 23.8 Å². The quantitative estimate of drug-likeness (QED) is 0.833. The van der Waals surface area contributed by atoms with Crippen LogP contribution in [0.15, 0.2) is 12.3 Å². The second-order valence-electron chi connectivity index (χ2n) is 7.04. The summed E-state index contributed by atoms with van der Waals surface area (Å²) in [5.74, 6) is 2.52. The topological polar surface area (TPSA) is 32.3 Å². The van der Waals surface area contributed by atoms with Crippen LogP contribution in [0.4, 0.5) is 0 Å². The van der Waals surface area contributed by atoms with E-state index in [1.165, 1.54) is 64.1 Å². The molecule has 0 amide bonds. The molecule has 21 heavy (non-hydrogen) atoms. The Bertz CT molecular complexity index is 487. The molecule has 5 rings (SSSR count). The van der Waals surface area contributed by atoms with Crippen molar-refractivity contribution in [2.45, 2.75) is 44.6 Å². The normalized spacial score (nSPS) is 34.2. The molecular formula is C17H26N4. The first-order valence-corrected chi connectivity index (χ1v) is 8.55. The second-order valence-corrected chi connectivity index (χ2v) is 7.04. The van der Waals surface area contributed by atoms with Crippen molar-refractivity contribution in [1.29, 1.82) is 0 Å². The monoisotopic (exact) mass is 286 g/mol. The van der Waals surface area contributed by atoms with Gasteiger partial charge in [-0.2, -0.15) is 0 Å². The van der Waals surface area contributed by atoms with Crippen molar-refractivity contribution in [3.8, 4) is 0 Å². The van der Waals surface area contributed by atoms with Gasteiger partial charge in [-0.15, -0.1) is 0 Å². The van der Waals surface area contributed by atoms with Crippen molar-refractivity contribution in [2.24, 2.45) is 5.92 Å². The lowest BCUT2D eigenvalue weighted by Crippen LogP contribution is -2.58. The van der Waals surface area contributed by atoms with Crippen LogP contribution in [-0.4, -0.2) is 58.5 Å². The van der Waals surface area contributed by atoms with Crippen LogP contribution in [0, 0.1) is 12.8 Å². The van der Waals surface area contributed by atoms with Crippen LogP contribution in [-0.2, 0) is 0 Å². The number of nitrogens with zero attached hydrogens (tertiary/aromatic N) is 4. The summed E-state index contributed by atoms with van der Waals surface area (Å²) in [5, 5.41) is 0. The zero-order chi connectivity index (χ0) is 14.2.